The minimum Gasteiger partial charge on any atom is -0.383 e. The number of nitrogens with two attached hydrogens (primary N) is 1. The molecular formula is C12H13FN4. The molecule has 0 fully saturated rings. The second-order valence-corrected chi connectivity index (χ2v) is 4.37. The van der Waals surface area contributed by atoms with Crippen LogP contribution < -0.4 is 5.73 Å². The molecule has 2 heterocycles. The maximum Gasteiger partial charge on any atom is 0.132 e. The van der Waals surface area contributed by atoms with Crippen molar-refractivity contribution >= 4 is 5.82 Å². The second-order valence-electron chi connectivity index (χ2n) is 4.37. The first-order valence-electron chi connectivity index (χ1n) is 5.46. The predicted molar refractivity (Wildman–Crippen MR) is 63.1 cm³/mol. The lowest BCUT2D eigenvalue weighted by Crippen LogP contribution is -2.12. The Bertz CT molecular complexity index is 576. The molecule has 0 atom stereocenters. The molecule has 2 N–H and O–H groups in total. The summed E-state index contributed by atoms with van der Waals surface area (Å²) in [6, 6.07) is 6.29. The Kier molecular flexibility index (Phi) is 2.16. The Morgan fingerprint density at radius 1 is 1.35 bits per heavy atom. The summed E-state index contributed by atoms with van der Waals surface area (Å²) in [6.07, 6.45) is 0. The van der Waals surface area contributed by atoms with Crippen molar-refractivity contribution < 1.29 is 4.39 Å². The molecule has 1 aliphatic rings. The molecule has 3 rings (SSSR count). The molecule has 17 heavy (non-hydrogen) atoms. The standard InChI is InChI=1S/C12H13FN4/c1-16-6-10-11(7-16)15-17(12(10)14)9-4-2-3-8(13)5-9/h2-5H,6-7,14H2,1H3. The lowest BCUT2D eigenvalue weighted by atomic mass is 10.2. The number of rotatable bonds is 1. The second kappa shape index (κ2) is 3.56. The van der Waals surface area contributed by atoms with Crippen LogP contribution in [0.2, 0.25) is 0 Å². The van der Waals surface area contributed by atoms with Crippen molar-refractivity contribution in [2.24, 2.45) is 0 Å². The van der Waals surface area contributed by atoms with Crippen LogP contribution in [0.15, 0.2) is 24.3 Å². The maximum atomic E-state index is 13.2. The van der Waals surface area contributed by atoms with Crippen molar-refractivity contribution in [2.45, 2.75) is 13.1 Å². The summed E-state index contributed by atoms with van der Waals surface area (Å²) in [5.41, 5.74) is 8.75. The lowest BCUT2D eigenvalue weighted by Gasteiger charge is -2.09. The molecule has 1 aliphatic heterocycles. The van der Waals surface area contributed by atoms with Crippen LogP contribution in [0.25, 0.3) is 5.69 Å². The fourth-order valence-corrected chi connectivity index (χ4v) is 2.20. The summed E-state index contributed by atoms with van der Waals surface area (Å²) in [7, 11) is 2.02. The van der Waals surface area contributed by atoms with E-state index in [-0.39, 0.29) is 5.82 Å². The van der Waals surface area contributed by atoms with Crippen molar-refractivity contribution in [1.82, 2.24) is 14.7 Å². The molecule has 1 aromatic heterocycles. The van der Waals surface area contributed by atoms with Crippen LogP contribution in [0.1, 0.15) is 11.3 Å². The average molecular weight is 232 g/mol. The van der Waals surface area contributed by atoms with Gasteiger partial charge in [-0.25, -0.2) is 9.07 Å². The van der Waals surface area contributed by atoms with Gasteiger partial charge in [-0.15, -0.1) is 0 Å². The van der Waals surface area contributed by atoms with Crippen LogP contribution in [0.3, 0.4) is 0 Å². The molecule has 0 saturated carbocycles. The van der Waals surface area contributed by atoms with Gasteiger partial charge in [0.15, 0.2) is 0 Å². The molecule has 0 radical (unpaired) electrons. The average Bonchev–Trinajstić information content (AvgIpc) is 2.78. The first kappa shape index (κ1) is 10.3. The summed E-state index contributed by atoms with van der Waals surface area (Å²) in [6.45, 7) is 1.60. The molecule has 0 unspecified atom stereocenters. The molecule has 0 bridgehead atoms. The Morgan fingerprint density at radius 2 is 2.18 bits per heavy atom. The van der Waals surface area contributed by atoms with E-state index >= 15 is 0 Å². The van der Waals surface area contributed by atoms with Crippen molar-refractivity contribution in [3.63, 3.8) is 0 Å². The van der Waals surface area contributed by atoms with Crippen LogP contribution in [0.5, 0.6) is 0 Å². The fourth-order valence-electron chi connectivity index (χ4n) is 2.20. The van der Waals surface area contributed by atoms with Gasteiger partial charge in [0.05, 0.1) is 11.4 Å². The van der Waals surface area contributed by atoms with Gasteiger partial charge in [-0.05, 0) is 25.2 Å². The minimum atomic E-state index is -0.283. The van der Waals surface area contributed by atoms with Gasteiger partial charge in [-0.3, -0.25) is 4.90 Å². The summed E-state index contributed by atoms with van der Waals surface area (Å²) in [5, 5.41) is 4.44. The SMILES string of the molecule is CN1Cc2nn(-c3cccc(F)c3)c(N)c2C1. The van der Waals surface area contributed by atoms with Crippen molar-refractivity contribution in [3.05, 3.63) is 41.3 Å². The van der Waals surface area contributed by atoms with Gasteiger partial charge in [-0.2, -0.15) is 5.10 Å². The van der Waals surface area contributed by atoms with E-state index in [0.717, 1.165) is 24.3 Å². The van der Waals surface area contributed by atoms with E-state index in [0.29, 0.717) is 11.5 Å². The molecule has 2 aromatic rings. The summed E-state index contributed by atoms with van der Waals surface area (Å²) in [4.78, 5) is 2.14. The first-order valence-corrected chi connectivity index (χ1v) is 5.46. The van der Waals surface area contributed by atoms with Crippen molar-refractivity contribution in [2.75, 3.05) is 12.8 Å². The number of halogens is 1. The number of nitrogens with zero attached hydrogens (tertiary/aromatic N) is 3. The van der Waals surface area contributed by atoms with Gasteiger partial charge in [0.25, 0.3) is 0 Å². The molecular weight excluding hydrogens is 219 g/mol. The van der Waals surface area contributed by atoms with E-state index in [1.54, 1.807) is 16.8 Å². The predicted octanol–water partition coefficient (Wildman–Crippen LogP) is 1.54. The van der Waals surface area contributed by atoms with Crippen LogP contribution in [0.4, 0.5) is 10.2 Å². The number of hydrogen-bond acceptors (Lipinski definition) is 3. The highest BCUT2D eigenvalue weighted by Gasteiger charge is 2.24. The Hall–Kier alpha value is -1.88. The van der Waals surface area contributed by atoms with E-state index in [2.05, 4.69) is 10.00 Å². The normalized spacial score (nSPS) is 15.2. The quantitative estimate of drug-likeness (QED) is 0.811. The van der Waals surface area contributed by atoms with E-state index < -0.39 is 0 Å². The molecule has 0 saturated heterocycles. The van der Waals surface area contributed by atoms with Crippen LogP contribution in [0, 0.1) is 5.82 Å². The molecule has 0 spiro atoms. The number of anilines is 1. The lowest BCUT2D eigenvalue weighted by molar-refractivity contribution is 0.348. The smallest absolute Gasteiger partial charge is 0.132 e. The molecule has 88 valence electrons. The van der Waals surface area contributed by atoms with E-state index in [9.17, 15) is 4.39 Å². The largest absolute Gasteiger partial charge is 0.383 e. The summed E-state index contributed by atoms with van der Waals surface area (Å²) >= 11 is 0. The van der Waals surface area contributed by atoms with Gasteiger partial charge in [0.1, 0.15) is 11.6 Å². The molecule has 4 nitrogen and oxygen atoms in total. The molecule has 5 heteroatoms. The van der Waals surface area contributed by atoms with Gasteiger partial charge >= 0.3 is 0 Å². The van der Waals surface area contributed by atoms with Crippen molar-refractivity contribution in [3.8, 4) is 5.69 Å². The van der Waals surface area contributed by atoms with E-state index in [1.165, 1.54) is 12.1 Å². The number of hydrogen-bond donors (Lipinski definition) is 1. The highest BCUT2D eigenvalue weighted by Crippen LogP contribution is 2.28. The monoisotopic (exact) mass is 232 g/mol. The van der Waals surface area contributed by atoms with Crippen LogP contribution in [-0.2, 0) is 13.1 Å². The third-order valence-corrected chi connectivity index (χ3v) is 3.01. The highest BCUT2D eigenvalue weighted by molar-refractivity contribution is 5.51. The van der Waals surface area contributed by atoms with E-state index in [1.807, 2.05) is 7.05 Å². The first-order chi connectivity index (χ1) is 8.15. The van der Waals surface area contributed by atoms with Gasteiger partial charge in [0, 0.05) is 18.7 Å². The zero-order chi connectivity index (χ0) is 12.0. The third-order valence-electron chi connectivity index (χ3n) is 3.01. The topological polar surface area (TPSA) is 47.1 Å². The Balaban J connectivity index is 2.09. The summed E-state index contributed by atoms with van der Waals surface area (Å²) in [5.74, 6) is 0.324. The Morgan fingerprint density at radius 3 is 2.88 bits per heavy atom. The Labute approximate surface area is 98.4 Å². The van der Waals surface area contributed by atoms with Crippen LogP contribution in [-0.4, -0.2) is 21.7 Å². The zero-order valence-electron chi connectivity index (χ0n) is 9.52. The zero-order valence-corrected chi connectivity index (χ0v) is 9.52. The van der Waals surface area contributed by atoms with E-state index in [4.69, 9.17) is 5.73 Å². The van der Waals surface area contributed by atoms with Crippen LogP contribution >= 0.6 is 0 Å². The van der Waals surface area contributed by atoms with Gasteiger partial charge < -0.3 is 5.73 Å². The number of fused-ring (bicyclic) bond motifs is 1. The fraction of sp³-hybridized carbons (Fsp3) is 0.250. The third kappa shape index (κ3) is 1.59. The van der Waals surface area contributed by atoms with Gasteiger partial charge in [-0.1, -0.05) is 6.07 Å². The number of benzene rings is 1. The van der Waals surface area contributed by atoms with Gasteiger partial charge in [0.2, 0.25) is 0 Å². The van der Waals surface area contributed by atoms with Crippen molar-refractivity contribution in [1.29, 1.82) is 0 Å². The summed E-state index contributed by atoms with van der Waals surface area (Å²) < 4.78 is 14.8. The maximum absolute atomic E-state index is 13.2. The number of nitrogen functional groups attached to an aromatic ring is 1. The molecule has 1 aromatic carbocycles. The highest BCUT2D eigenvalue weighted by atomic mass is 19.1. The molecule has 0 amide bonds. The number of aromatic nitrogens is 2. The molecule has 0 aliphatic carbocycles. The minimum absolute atomic E-state index is 0.283.